The summed E-state index contributed by atoms with van der Waals surface area (Å²) in [4.78, 5) is 0. The first kappa shape index (κ1) is 27.1. The fourth-order valence-electron chi connectivity index (χ4n) is 9.64. The lowest BCUT2D eigenvalue weighted by atomic mass is 9.94. The summed E-state index contributed by atoms with van der Waals surface area (Å²) in [5, 5.41) is 0. The number of rotatable bonds is 6. The van der Waals surface area contributed by atoms with Gasteiger partial charge in [-0.2, -0.15) is 0 Å². The van der Waals surface area contributed by atoms with E-state index in [1.54, 1.807) is 22.3 Å². The summed E-state index contributed by atoms with van der Waals surface area (Å²) >= 11 is 0. The van der Waals surface area contributed by atoms with Gasteiger partial charge in [-0.15, -0.1) is 0 Å². The maximum absolute atomic E-state index is 2.77. The van der Waals surface area contributed by atoms with Crippen molar-refractivity contribution in [1.29, 1.82) is 0 Å². The number of benzene rings is 4. The molecule has 0 N–H and O–H groups in total. The van der Waals surface area contributed by atoms with Gasteiger partial charge in [-0.1, -0.05) is 159 Å². The minimum absolute atomic E-state index is 0.565. The van der Waals surface area contributed by atoms with E-state index in [-0.39, 0.29) is 0 Å². The molecule has 0 bridgehead atoms. The SMILES string of the molecule is C[Si](C)(C1C(C2CCCC2)=Cc2c(-c3ccccc3)cccc21)C1C(C2CCCC2)=Cc2c(-c3ccccc3)cccc21. The fourth-order valence-corrected chi connectivity index (χ4v) is 14.4. The molecule has 2 saturated carbocycles. The van der Waals surface area contributed by atoms with Gasteiger partial charge >= 0.3 is 0 Å². The van der Waals surface area contributed by atoms with Crippen LogP contribution in [0.1, 0.15) is 84.7 Å². The summed E-state index contributed by atoms with van der Waals surface area (Å²) in [5.41, 5.74) is 16.5. The van der Waals surface area contributed by atoms with Crippen molar-refractivity contribution >= 4 is 20.2 Å². The van der Waals surface area contributed by atoms with Gasteiger partial charge in [0.05, 0.1) is 8.07 Å². The molecule has 4 aliphatic rings. The quantitative estimate of drug-likeness (QED) is 0.200. The number of hydrogen-bond donors (Lipinski definition) is 0. The van der Waals surface area contributed by atoms with E-state index in [2.05, 4.69) is 122 Å². The van der Waals surface area contributed by atoms with Crippen LogP contribution in [0.15, 0.2) is 108 Å². The lowest BCUT2D eigenvalue weighted by Gasteiger charge is -2.42. The third kappa shape index (κ3) is 4.54. The van der Waals surface area contributed by atoms with Crippen LogP contribution in [0.2, 0.25) is 13.1 Å². The van der Waals surface area contributed by atoms with E-state index in [4.69, 9.17) is 0 Å². The van der Waals surface area contributed by atoms with Crippen molar-refractivity contribution in [3.05, 3.63) is 130 Å². The molecule has 0 aliphatic heterocycles. The first-order valence-electron chi connectivity index (χ1n) is 16.9. The number of fused-ring (bicyclic) bond motifs is 2. The van der Waals surface area contributed by atoms with Gasteiger partial charge in [0.15, 0.2) is 0 Å². The Kier molecular flexibility index (Phi) is 6.90. The maximum Gasteiger partial charge on any atom is 0.0722 e. The van der Waals surface area contributed by atoms with E-state index in [0.29, 0.717) is 11.1 Å². The fraction of sp³-hybridized carbons (Fsp3) is 0.333. The van der Waals surface area contributed by atoms with Gasteiger partial charge in [0, 0.05) is 11.1 Å². The molecule has 0 nitrogen and oxygen atoms in total. The Morgan fingerprint density at radius 3 is 1.26 bits per heavy atom. The highest BCUT2D eigenvalue weighted by atomic mass is 28.3. The molecule has 2 unspecified atom stereocenters. The maximum atomic E-state index is 2.77. The van der Waals surface area contributed by atoms with Gasteiger partial charge in [0.25, 0.3) is 0 Å². The number of allylic oxidation sites excluding steroid dienone is 2. The highest BCUT2D eigenvalue weighted by Crippen LogP contribution is 2.59. The van der Waals surface area contributed by atoms with Crippen LogP contribution < -0.4 is 0 Å². The summed E-state index contributed by atoms with van der Waals surface area (Å²) in [6.07, 6.45) is 16.4. The largest absolute Gasteiger partial charge is 0.0722 e. The van der Waals surface area contributed by atoms with Crippen molar-refractivity contribution < 1.29 is 0 Å². The summed E-state index contributed by atoms with van der Waals surface area (Å²) in [7, 11) is -1.99. The molecule has 4 aliphatic carbocycles. The van der Waals surface area contributed by atoms with Crippen molar-refractivity contribution in [3.63, 3.8) is 0 Å². The first-order chi connectivity index (χ1) is 21.1. The van der Waals surface area contributed by atoms with Crippen molar-refractivity contribution in [1.82, 2.24) is 0 Å². The van der Waals surface area contributed by atoms with Crippen LogP contribution in [0, 0.1) is 11.8 Å². The third-order valence-corrected chi connectivity index (χ3v) is 15.8. The molecule has 0 saturated heterocycles. The van der Waals surface area contributed by atoms with Gasteiger partial charge < -0.3 is 0 Å². The minimum atomic E-state index is -1.99. The lowest BCUT2D eigenvalue weighted by Crippen LogP contribution is -2.44. The van der Waals surface area contributed by atoms with Crippen LogP contribution in [0.3, 0.4) is 0 Å². The normalized spacial score (nSPS) is 22.0. The summed E-state index contributed by atoms with van der Waals surface area (Å²) in [6.45, 7) is 5.53. The predicted octanol–water partition coefficient (Wildman–Crippen LogP) is 11.8. The van der Waals surface area contributed by atoms with E-state index in [1.807, 2.05) is 0 Å². The lowest BCUT2D eigenvalue weighted by molar-refractivity contribution is 0.609. The summed E-state index contributed by atoms with van der Waals surface area (Å²) in [6, 6.07) is 36.7. The Hall–Kier alpha value is -3.42. The predicted molar refractivity (Wildman–Crippen MR) is 187 cm³/mol. The Bertz CT molecular complexity index is 1570. The highest BCUT2D eigenvalue weighted by Gasteiger charge is 2.51. The van der Waals surface area contributed by atoms with Crippen molar-refractivity contribution in [2.45, 2.75) is 75.5 Å². The molecule has 1 heteroatoms. The van der Waals surface area contributed by atoms with Crippen LogP contribution in [-0.4, -0.2) is 8.07 Å². The molecule has 43 heavy (non-hydrogen) atoms. The molecule has 8 rings (SSSR count). The van der Waals surface area contributed by atoms with Crippen LogP contribution in [0.4, 0.5) is 0 Å². The zero-order valence-electron chi connectivity index (χ0n) is 25.9. The monoisotopic (exact) mass is 576 g/mol. The minimum Gasteiger partial charge on any atom is -0.0679 e. The molecule has 0 spiro atoms. The molecule has 0 heterocycles. The standard InChI is InChI=1S/C42H44Si/c1-43(2,41-35-25-13-23-33(29-15-5-3-6-16-29)39(35)27-37(41)31-19-9-10-20-31)42-36-26-14-24-34(30-17-7-4-8-18-30)40(36)28-38(42)32-21-11-12-22-32/h3-8,13-18,23-28,31-32,41-42H,9-12,19-22H2,1-2H3. The molecule has 0 radical (unpaired) electrons. The summed E-state index contributed by atoms with van der Waals surface area (Å²) < 4.78 is 0. The topological polar surface area (TPSA) is 0 Å². The van der Waals surface area contributed by atoms with Gasteiger partial charge in [-0.25, -0.2) is 0 Å². The van der Waals surface area contributed by atoms with Crippen LogP contribution in [0.5, 0.6) is 0 Å². The van der Waals surface area contributed by atoms with E-state index >= 15 is 0 Å². The molecule has 4 aromatic rings. The highest BCUT2D eigenvalue weighted by molar-refractivity contribution is 6.81. The van der Waals surface area contributed by atoms with E-state index in [0.717, 1.165) is 11.8 Å². The second-order valence-corrected chi connectivity index (χ2v) is 19.1. The Balaban J connectivity index is 1.30. The number of hydrogen-bond acceptors (Lipinski definition) is 0. The molecule has 2 atom stereocenters. The average Bonchev–Trinajstić information content (AvgIpc) is 3.86. The van der Waals surface area contributed by atoms with Crippen LogP contribution >= 0.6 is 0 Å². The van der Waals surface area contributed by atoms with Gasteiger partial charge in [-0.3, -0.25) is 0 Å². The second-order valence-electron chi connectivity index (χ2n) is 14.3. The van der Waals surface area contributed by atoms with Crippen molar-refractivity contribution in [2.75, 3.05) is 0 Å². The van der Waals surface area contributed by atoms with Crippen LogP contribution in [0.25, 0.3) is 34.4 Å². The second kappa shape index (κ2) is 10.9. The van der Waals surface area contributed by atoms with E-state index < -0.39 is 8.07 Å². The smallest absolute Gasteiger partial charge is 0.0679 e. The average molecular weight is 577 g/mol. The van der Waals surface area contributed by atoms with E-state index in [1.165, 1.54) is 84.7 Å². The van der Waals surface area contributed by atoms with Crippen LogP contribution in [-0.2, 0) is 0 Å². The molecular formula is C42H44Si. The zero-order chi connectivity index (χ0) is 29.0. The Morgan fingerprint density at radius 1 is 0.465 bits per heavy atom. The van der Waals surface area contributed by atoms with Gasteiger partial charge in [0.1, 0.15) is 0 Å². The summed E-state index contributed by atoms with van der Waals surface area (Å²) in [5.74, 6) is 1.48. The van der Waals surface area contributed by atoms with Gasteiger partial charge in [-0.05, 0) is 82.0 Å². The first-order valence-corrected chi connectivity index (χ1v) is 20.1. The molecule has 2 fully saturated rings. The Labute approximate surface area is 259 Å². The molecule has 0 aromatic heterocycles. The Morgan fingerprint density at radius 2 is 0.860 bits per heavy atom. The molecule has 216 valence electrons. The van der Waals surface area contributed by atoms with Crippen molar-refractivity contribution in [2.24, 2.45) is 11.8 Å². The van der Waals surface area contributed by atoms with Crippen molar-refractivity contribution in [3.8, 4) is 22.3 Å². The molecular weight excluding hydrogens is 533 g/mol. The van der Waals surface area contributed by atoms with Gasteiger partial charge in [0.2, 0.25) is 0 Å². The third-order valence-electron chi connectivity index (χ3n) is 11.5. The molecule has 4 aromatic carbocycles. The van der Waals surface area contributed by atoms with E-state index in [9.17, 15) is 0 Å². The molecule has 0 amide bonds. The zero-order valence-corrected chi connectivity index (χ0v) is 26.9.